The Morgan fingerprint density at radius 1 is 1.03 bits per heavy atom. The van der Waals surface area contributed by atoms with E-state index in [4.69, 9.17) is 8.92 Å². The molecule has 2 aromatic carbocycles. The summed E-state index contributed by atoms with van der Waals surface area (Å²) in [6.07, 6.45) is 8.32. The zero-order valence-corrected chi connectivity index (χ0v) is 20.5. The molecule has 4 rings (SSSR count). The van der Waals surface area contributed by atoms with Crippen molar-refractivity contribution >= 4 is 15.7 Å². The zero-order valence-electron chi connectivity index (χ0n) is 19.7. The minimum Gasteiger partial charge on any atom is -0.483 e. The fraction of sp³-hybridized carbons (Fsp3) is 0.481. The van der Waals surface area contributed by atoms with Crippen molar-refractivity contribution in [3.63, 3.8) is 0 Å². The lowest BCUT2D eigenvalue weighted by Crippen LogP contribution is -2.36. The van der Waals surface area contributed by atoms with Gasteiger partial charge in [-0.25, -0.2) is 0 Å². The molecule has 4 nitrogen and oxygen atoms in total. The molecule has 172 valence electrons. The van der Waals surface area contributed by atoms with E-state index in [0.717, 1.165) is 73.8 Å². The first-order valence-corrected chi connectivity index (χ1v) is 13.2. The van der Waals surface area contributed by atoms with Gasteiger partial charge in [-0.05, 0) is 100 Å². The lowest BCUT2D eigenvalue weighted by atomic mass is 9.77. The summed E-state index contributed by atoms with van der Waals surface area (Å²) in [7, 11) is -3.95. The molecule has 1 aliphatic heterocycles. The molecule has 2 aromatic rings. The van der Waals surface area contributed by atoms with Gasteiger partial charge in [0.15, 0.2) is 5.75 Å². The summed E-state index contributed by atoms with van der Waals surface area (Å²) in [6.45, 7) is 8.34. The SMILES string of the molecule is CCCCCc1cc2c(c(OS(=O)(=O)c3ccc(C)cc3)c1)C1=C(CCCC1)C(C)(C)O2. The largest absolute Gasteiger partial charge is 0.483 e. The summed E-state index contributed by atoms with van der Waals surface area (Å²) in [5, 5.41) is 0. The Morgan fingerprint density at radius 2 is 1.75 bits per heavy atom. The molecule has 1 aliphatic carbocycles. The smallest absolute Gasteiger partial charge is 0.339 e. The van der Waals surface area contributed by atoms with Crippen molar-refractivity contribution in [1.82, 2.24) is 0 Å². The monoisotopic (exact) mass is 454 g/mol. The van der Waals surface area contributed by atoms with E-state index in [-0.39, 0.29) is 4.90 Å². The summed E-state index contributed by atoms with van der Waals surface area (Å²) in [5.74, 6) is 1.15. The first-order chi connectivity index (χ1) is 15.2. The highest BCUT2D eigenvalue weighted by molar-refractivity contribution is 7.87. The second-order valence-electron chi connectivity index (χ2n) is 9.55. The molecule has 0 fully saturated rings. The molecule has 0 amide bonds. The van der Waals surface area contributed by atoms with Crippen molar-refractivity contribution in [3.8, 4) is 11.5 Å². The molecule has 2 aliphatic rings. The van der Waals surface area contributed by atoms with E-state index in [1.54, 1.807) is 24.3 Å². The predicted octanol–water partition coefficient (Wildman–Crippen LogP) is 6.99. The fourth-order valence-corrected chi connectivity index (χ4v) is 5.80. The third-order valence-corrected chi connectivity index (χ3v) is 7.81. The number of hydrogen-bond acceptors (Lipinski definition) is 4. The van der Waals surface area contributed by atoms with E-state index in [9.17, 15) is 8.42 Å². The van der Waals surface area contributed by atoms with Crippen molar-refractivity contribution in [2.45, 2.75) is 89.6 Å². The highest BCUT2D eigenvalue weighted by Crippen LogP contribution is 2.51. The molecule has 0 saturated carbocycles. The normalized spacial score (nSPS) is 17.4. The lowest BCUT2D eigenvalue weighted by molar-refractivity contribution is 0.137. The van der Waals surface area contributed by atoms with Crippen LogP contribution in [-0.2, 0) is 16.5 Å². The highest BCUT2D eigenvalue weighted by atomic mass is 32.2. The summed E-state index contributed by atoms with van der Waals surface area (Å²) in [4.78, 5) is 0.170. The topological polar surface area (TPSA) is 52.6 Å². The van der Waals surface area contributed by atoms with Crippen molar-refractivity contribution in [3.05, 3.63) is 58.7 Å². The summed E-state index contributed by atoms with van der Waals surface area (Å²) < 4.78 is 38.7. The van der Waals surface area contributed by atoms with E-state index in [1.165, 1.54) is 11.1 Å². The van der Waals surface area contributed by atoms with E-state index in [2.05, 4.69) is 26.8 Å². The third kappa shape index (κ3) is 4.59. The number of fused-ring (bicyclic) bond motifs is 2. The zero-order chi connectivity index (χ0) is 22.9. The van der Waals surface area contributed by atoms with Gasteiger partial charge in [-0.2, -0.15) is 8.42 Å². The van der Waals surface area contributed by atoms with E-state index in [0.29, 0.717) is 5.75 Å². The molecule has 0 N–H and O–H groups in total. The number of hydrogen-bond donors (Lipinski definition) is 0. The van der Waals surface area contributed by atoms with Crippen LogP contribution in [0.15, 0.2) is 46.9 Å². The number of unbranched alkanes of at least 4 members (excludes halogenated alkanes) is 2. The quantitative estimate of drug-likeness (QED) is 0.334. The highest BCUT2D eigenvalue weighted by Gasteiger charge is 2.38. The van der Waals surface area contributed by atoms with Gasteiger partial charge in [-0.1, -0.05) is 37.5 Å². The van der Waals surface area contributed by atoms with Crippen LogP contribution in [0.1, 0.15) is 82.4 Å². The van der Waals surface area contributed by atoms with Crippen molar-refractivity contribution in [2.24, 2.45) is 0 Å². The van der Waals surface area contributed by atoms with Crippen LogP contribution in [0.25, 0.3) is 5.57 Å². The number of aryl methyl sites for hydroxylation is 2. The van der Waals surface area contributed by atoms with Crippen LogP contribution < -0.4 is 8.92 Å². The predicted molar refractivity (Wildman–Crippen MR) is 129 cm³/mol. The Labute approximate surface area is 192 Å². The van der Waals surface area contributed by atoms with Gasteiger partial charge in [0.25, 0.3) is 0 Å². The Kier molecular flexibility index (Phi) is 6.39. The van der Waals surface area contributed by atoms with Crippen LogP contribution in [0.2, 0.25) is 0 Å². The number of allylic oxidation sites excluding steroid dienone is 1. The maximum atomic E-state index is 13.2. The van der Waals surface area contributed by atoms with E-state index >= 15 is 0 Å². The van der Waals surface area contributed by atoms with Gasteiger partial charge >= 0.3 is 10.1 Å². The van der Waals surface area contributed by atoms with Gasteiger partial charge in [0.1, 0.15) is 16.2 Å². The van der Waals surface area contributed by atoms with Crippen LogP contribution in [0.5, 0.6) is 11.5 Å². The average Bonchev–Trinajstić information content (AvgIpc) is 2.73. The second kappa shape index (κ2) is 8.93. The first-order valence-electron chi connectivity index (χ1n) is 11.8. The molecular weight excluding hydrogens is 420 g/mol. The van der Waals surface area contributed by atoms with Crippen LogP contribution >= 0.6 is 0 Å². The van der Waals surface area contributed by atoms with Gasteiger partial charge in [0, 0.05) is 0 Å². The molecular formula is C27H34O4S. The van der Waals surface area contributed by atoms with Crippen LogP contribution in [0, 0.1) is 6.92 Å². The van der Waals surface area contributed by atoms with E-state index in [1.807, 2.05) is 13.0 Å². The molecule has 0 saturated heterocycles. The molecule has 0 unspecified atom stereocenters. The van der Waals surface area contributed by atoms with Crippen LogP contribution in [-0.4, -0.2) is 14.0 Å². The number of rotatable bonds is 7. The van der Waals surface area contributed by atoms with Crippen LogP contribution in [0.4, 0.5) is 0 Å². The molecule has 0 spiro atoms. The van der Waals surface area contributed by atoms with Crippen LogP contribution in [0.3, 0.4) is 0 Å². The molecule has 0 bridgehead atoms. The van der Waals surface area contributed by atoms with Crippen molar-refractivity contribution < 1.29 is 17.3 Å². The van der Waals surface area contributed by atoms with Crippen molar-refractivity contribution in [2.75, 3.05) is 0 Å². The lowest BCUT2D eigenvalue weighted by Gasteiger charge is -2.40. The van der Waals surface area contributed by atoms with Gasteiger partial charge in [0.05, 0.1) is 5.56 Å². The number of benzene rings is 2. The Balaban J connectivity index is 1.82. The van der Waals surface area contributed by atoms with Gasteiger partial charge in [-0.15, -0.1) is 0 Å². The van der Waals surface area contributed by atoms with E-state index < -0.39 is 15.7 Å². The molecule has 0 aromatic heterocycles. The fourth-order valence-electron chi connectivity index (χ4n) is 4.86. The minimum absolute atomic E-state index is 0.170. The summed E-state index contributed by atoms with van der Waals surface area (Å²) in [5.41, 5.74) is 4.98. The second-order valence-corrected chi connectivity index (χ2v) is 11.1. The van der Waals surface area contributed by atoms with Gasteiger partial charge in [-0.3, -0.25) is 0 Å². The molecule has 0 atom stereocenters. The molecule has 32 heavy (non-hydrogen) atoms. The maximum Gasteiger partial charge on any atom is 0.339 e. The summed E-state index contributed by atoms with van der Waals surface area (Å²) >= 11 is 0. The van der Waals surface area contributed by atoms with Crippen molar-refractivity contribution in [1.29, 1.82) is 0 Å². The minimum atomic E-state index is -3.95. The average molecular weight is 455 g/mol. The Morgan fingerprint density at radius 3 is 2.47 bits per heavy atom. The molecule has 5 heteroatoms. The maximum absolute atomic E-state index is 13.2. The van der Waals surface area contributed by atoms with Gasteiger partial charge in [0.2, 0.25) is 0 Å². The third-order valence-electron chi connectivity index (χ3n) is 6.57. The number of ether oxygens (including phenoxy) is 1. The molecule has 0 radical (unpaired) electrons. The first kappa shape index (κ1) is 22.9. The Hall–Kier alpha value is -2.27. The van der Waals surface area contributed by atoms with Gasteiger partial charge < -0.3 is 8.92 Å². The Bertz CT molecular complexity index is 1120. The molecule has 1 heterocycles. The summed E-state index contributed by atoms with van der Waals surface area (Å²) in [6, 6.07) is 10.8. The standard InChI is InChI=1S/C27H34O4S/c1-5-6-7-10-20-17-24-26(22-11-8-9-12-23(22)27(3,4)30-24)25(18-20)31-32(28,29)21-15-13-19(2)14-16-21/h13-18H,5-12H2,1-4H3.